The third-order valence-electron chi connectivity index (χ3n) is 4.59. The molecule has 134 valence electrons. The second-order valence-electron chi connectivity index (χ2n) is 6.64. The molecule has 23 heavy (non-hydrogen) atoms. The van der Waals surface area contributed by atoms with E-state index in [1.165, 1.54) is 52.1 Å². The zero-order valence-corrected chi connectivity index (χ0v) is 15.0. The van der Waals surface area contributed by atoms with Crippen molar-refractivity contribution in [3.63, 3.8) is 0 Å². The highest BCUT2D eigenvalue weighted by atomic mass is 16.6. The average Bonchev–Trinajstić information content (AvgIpc) is 3.31. The number of ketones is 1. The first-order valence-corrected chi connectivity index (χ1v) is 9.45. The molecule has 0 aromatic rings. The summed E-state index contributed by atoms with van der Waals surface area (Å²) in [5.41, 5.74) is 0. The Balaban J connectivity index is 1.83. The van der Waals surface area contributed by atoms with Crippen molar-refractivity contribution in [1.82, 2.24) is 0 Å². The van der Waals surface area contributed by atoms with Crippen LogP contribution in [0.5, 0.6) is 0 Å². The lowest BCUT2D eigenvalue weighted by Crippen LogP contribution is -2.14. The van der Waals surface area contributed by atoms with E-state index >= 15 is 0 Å². The smallest absolute Gasteiger partial charge is 0.374 e. The summed E-state index contributed by atoms with van der Waals surface area (Å²) in [6, 6.07) is 0. The summed E-state index contributed by atoms with van der Waals surface area (Å²) in [6.45, 7) is 2.25. The molecule has 1 fully saturated rings. The number of hydrogen-bond acceptors (Lipinski definition) is 4. The SMILES string of the molecule is CCCCCCCC[C@H]1O[C@H]1CCCCCCC(=O)C(=O)OC. The second kappa shape index (κ2) is 12.5. The number of hydrogen-bond donors (Lipinski definition) is 0. The first-order valence-electron chi connectivity index (χ1n) is 9.45. The Bertz CT molecular complexity index is 340. The van der Waals surface area contributed by atoms with Crippen LogP contribution in [0.2, 0.25) is 0 Å². The number of carbonyl (C=O) groups excluding carboxylic acids is 2. The maximum absolute atomic E-state index is 11.3. The van der Waals surface area contributed by atoms with E-state index in [0.717, 1.165) is 32.1 Å². The number of unbranched alkanes of at least 4 members (excludes halogenated alkanes) is 8. The van der Waals surface area contributed by atoms with Crippen molar-refractivity contribution in [3.8, 4) is 0 Å². The van der Waals surface area contributed by atoms with Crippen molar-refractivity contribution in [2.45, 2.75) is 103 Å². The van der Waals surface area contributed by atoms with Gasteiger partial charge in [0.15, 0.2) is 0 Å². The van der Waals surface area contributed by atoms with Gasteiger partial charge in [0.2, 0.25) is 5.78 Å². The molecule has 0 amide bonds. The van der Waals surface area contributed by atoms with Crippen LogP contribution in [0.25, 0.3) is 0 Å². The number of rotatable bonds is 15. The van der Waals surface area contributed by atoms with Gasteiger partial charge < -0.3 is 9.47 Å². The Kier molecular flexibility index (Phi) is 11.0. The van der Waals surface area contributed by atoms with Crippen molar-refractivity contribution in [2.75, 3.05) is 7.11 Å². The van der Waals surface area contributed by atoms with Crippen LogP contribution < -0.4 is 0 Å². The van der Waals surface area contributed by atoms with Crippen LogP contribution >= 0.6 is 0 Å². The predicted octanol–water partition coefficient (Wildman–Crippen LogP) is 4.59. The predicted molar refractivity (Wildman–Crippen MR) is 91.4 cm³/mol. The molecule has 0 N–H and O–H groups in total. The average molecular weight is 326 g/mol. The molecule has 4 heteroatoms. The number of methoxy groups -OCH3 is 1. The van der Waals surface area contributed by atoms with Crippen LogP contribution in [-0.2, 0) is 19.1 Å². The van der Waals surface area contributed by atoms with Crippen molar-refractivity contribution < 1.29 is 19.1 Å². The Labute approximate surface area is 141 Å². The van der Waals surface area contributed by atoms with Crippen molar-refractivity contribution in [2.24, 2.45) is 0 Å². The topological polar surface area (TPSA) is 55.9 Å². The molecule has 1 aliphatic heterocycles. The number of carbonyl (C=O) groups is 2. The quantitative estimate of drug-likeness (QED) is 0.191. The molecule has 0 spiro atoms. The number of epoxide rings is 1. The number of Topliss-reactive ketones (excluding diaryl/α,β-unsaturated/α-hetero) is 1. The normalized spacial score (nSPS) is 19.6. The van der Waals surface area contributed by atoms with Gasteiger partial charge in [-0.25, -0.2) is 4.79 Å². The Morgan fingerprint density at radius 2 is 1.35 bits per heavy atom. The van der Waals surface area contributed by atoms with Crippen molar-refractivity contribution in [3.05, 3.63) is 0 Å². The summed E-state index contributed by atoms with van der Waals surface area (Å²) < 4.78 is 10.1. The first kappa shape index (κ1) is 20.1. The monoisotopic (exact) mass is 326 g/mol. The summed E-state index contributed by atoms with van der Waals surface area (Å²) in [4.78, 5) is 22.2. The van der Waals surface area contributed by atoms with Gasteiger partial charge in [-0.1, -0.05) is 64.7 Å². The van der Waals surface area contributed by atoms with Gasteiger partial charge in [0.05, 0.1) is 19.3 Å². The van der Waals surface area contributed by atoms with E-state index in [9.17, 15) is 9.59 Å². The van der Waals surface area contributed by atoms with Crippen LogP contribution in [0.1, 0.15) is 90.4 Å². The summed E-state index contributed by atoms with van der Waals surface area (Å²) in [5.74, 6) is -1.12. The molecule has 0 radical (unpaired) electrons. The molecule has 0 aliphatic carbocycles. The molecule has 1 aliphatic rings. The van der Waals surface area contributed by atoms with E-state index < -0.39 is 11.8 Å². The fourth-order valence-electron chi connectivity index (χ4n) is 3.01. The highest BCUT2D eigenvalue weighted by Gasteiger charge is 2.36. The summed E-state index contributed by atoms with van der Waals surface area (Å²) in [6.07, 6.45) is 15.8. The minimum absolute atomic E-state index is 0.313. The fourth-order valence-corrected chi connectivity index (χ4v) is 3.01. The molecule has 0 aromatic carbocycles. The van der Waals surface area contributed by atoms with Gasteiger partial charge in [0, 0.05) is 6.42 Å². The number of ether oxygens (including phenoxy) is 2. The van der Waals surface area contributed by atoms with E-state index in [1.54, 1.807) is 0 Å². The lowest BCUT2D eigenvalue weighted by atomic mass is 10.0. The summed E-state index contributed by atoms with van der Waals surface area (Å²) in [5, 5.41) is 0. The van der Waals surface area contributed by atoms with Crippen molar-refractivity contribution >= 4 is 11.8 Å². The Hall–Kier alpha value is -0.900. The Morgan fingerprint density at radius 1 is 0.826 bits per heavy atom. The maximum Gasteiger partial charge on any atom is 0.374 e. The van der Waals surface area contributed by atoms with Crippen LogP contribution in [0.4, 0.5) is 0 Å². The van der Waals surface area contributed by atoms with Gasteiger partial charge in [-0.05, 0) is 19.3 Å². The zero-order valence-electron chi connectivity index (χ0n) is 15.0. The second-order valence-corrected chi connectivity index (χ2v) is 6.64. The van der Waals surface area contributed by atoms with Gasteiger partial charge in [-0.2, -0.15) is 0 Å². The van der Waals surface area contributed by atoms with E-state index in [1.807, 2.05) is 0 Å². The van der Waals surface area contributed by atoms with Crippen LogP contribution in [-0.4, -0.2) is 31.1 Å². The van der Waals surface area contributed by atoms with E-state index in [2.05, 4.69) is 11.7 Å². The van der Waals surface area contributed by atoms with Gasteiger partial charge in [-0.3, -0.25) is 4.79 Å². The fraction of sp³-hybridized carbons (Fsp3) is 0.895. The lowest BCUT2D eigenvalue weighted by molar-refractivity contribution is -0.151. The molecule has 0 bridgehead atoms. The molecule has 1 rings (SSSR count). The van der Waals surface area contributed by atoms with Crippen LogP contribution in [0.3, 0.4) is 0 Å². The summed E-state index contributed by atoms with van der Waals surface area (Å²) >= 11 is 0. The molecular formula is C19H34O4. The van der Waals surface area contributed by atoms with Gasteiger partial charge in [0.1, 0.15) is 0 Å². The molecule has 0 saturated carbocycles. The van der Waals surface area contributed by atoms with Gasteiger partial charge in [-0.15, -0.1) is 0 Å². The third kappa shape index (κ3) is 9.75. The molecule has 0 unspecified atom stereocenters. The first-order chi connectivity index (χ1) is 11.2. The molecule has 1 saturated heterocycles. The van der Waals surface area contributed by atoms with Gasteiger partial charge >= 0.3 is 5.97 Å². The van der Waals surface area contributed by atoms with Gasteiger partial charge in [0.25, 0.3) is 0 Å². The zero-order chi connectivity index (χ0) is 16.9. The summed E-state index contributed by atoms with van der Waals surface area (Å²) in [7, 11) is 1.25. The highest BCUT2D eigenvalue weighted by molar-refractivity contribution is 6.33. The minimum atomic E-state index is -0.714. The highest BCUT2D eigenvalue weighted by Crippen LogP contribution is 2.31. The Morgan fingerprint density at radius 3 is 1.91 bits per heavy atom. The number of esters is 1. The molecule has 2 atom stereocenters. The lowest BCUT2D eigenvalue weighted by Gasteiger charge is -2.00. The maximum atomic E-state index is 11.3. The van der Waals surface area contributed by atoms with Crippen molar-refractivity contribution in [1.29, 1.82) is 0 Å². The molecular weight excluding hydrogens is 292 g/mol. The van der Waals surface area contributed by atoms with Crippen LogP contribution in [0, 0.1) is 0 Å². The minimum Gasteiger partial charge on any atom is -0.463 e. The van der Waals surface area contributed by atoms with Crippen LogP contribution in [0.15, 0.2) is 0 Å². The van der Waals surface area contributed by atoms with E-state index in [0.29, 0.717) is 18.6 Å². The molecule has 1 heterocycles. The van der Waals surface area contributed by atoms with E-state index in [4.69, 9.17) is 4.74 Å². The standard InChI is InChI=1S/C19H34O4/c1-3-4-5-6-7-11-14-17-18(23-17)15-12-9-8-10-13-16(20)19(21)22-2/h17-18H,3-15H2,1-2H3/t17-,18+/m1/s1. The third-order valence-corrected chi connectivity index (χ3v) is 4.59. The largest absolute Gasteiger partial charge is 0.463 e. The molecule has 0 aromatic heterocycles. The molecule has 4 nitrogen and oxygen atoms in total. The van der Waals surface area contributed by atoms with E-state index in [-0.39, 0.29) is 0 Å².